The van der Waals surface area contributed by atoms with Crippen molar-refractivity contribution >= 4 is 17.6 Å². The zero-order valence-corrected chi connectivity index (χ0v) is 12.7. The molecule has 1 aromatic rings. The summed E-state index contributed by atoms with van der Waals surface area (Å²) >= 11 is 0. The maximum Gasteiger partial charge on any atom is 0.317 e. The average molecular weight is 290 g/mol. The summed E-state index contributed by atoms with van der Waals surface area (Å²) in [5, 5.41) is 8.95. The SMILES string of the molecule is CC(C)N(CC(=O)O)CC(=O)N1c2ccccc2CC1C. The number of para-hydroxylation sites is 1. The highest BCUT2D eigenvalue weighted by Gasteiger charge is 2.31. The fourth-order valence-electron chi connectivity index (χ4n) is 2.79. The average Bonchev–Trinajstić information content (AvgIpc) is 2.73. The molecule has 0 bridgehead atoms. The van der Waals surface area contributed by atoms with Crippen molar-refractivity contribution in [2.45, 2.75) is 39.3 Å². The largest absolute Gasteiger partial charge is 0.480 e. The second-order valence-electron chi connectivity index (χ2n) is 5.84. The van der Waals surface area contributed by atoms with Gasteiger partial charge in [-0.1, -0.05) is 18.2 Å². The molecule has 114 valence electrons. The molecule has 0 fully saturated rings. The van der Waals surface area contributed by atoms with Gasteiger partial charge in [0.15, 0.2) is 0 Å². The minimum atomic E-state index is -0.911. The van der Waals surface area contributed by atoms with Crippen LogP contribution >= 0.6 is 0 Å². The molecule has 5 heteroatoms. The van der Waals surface area contributed by atoms with E-state index < -0.39 is 5.97 Å². The molecular weight excluding hydrogens is 268 g/mol. The van der Waals surface area contributed by atoms with E-state index in [4.69, 9.17) is 5.11 Å². The predicted molar refractivity (Wildman–Crippen MR) is 81.4 cm³/mol. The smallest absolute Gasteiger partial charge is 0.317 e. The van der Waals surface area contributed by atoms with Gasteiger partial charge in [-0.2, -0.15) is 0 Å². The summed E-state index contributed by atoms with van der Waals surface area (Å²) < 4.78 is 0. The van der Waals surface area contributed by atoms with Gasteiger partial charge < -0.3 is 10.0 Å². The van der Waals surface area contributed by atoms with Gasteiger partial charge in [-0.15, -0.1) is 0 Å². The summed E-state index contributed by atoms with van der Waals surface area (Å²) in [7, 11) is 0. The molecular formula is C16H22N2O3. The molecule has 1 amide bonds. The fraction of sp³-hybridized carbons (Fsp3) is 0.500. The lowest BCUT2D eigenvalue weighted by Crippen LogP contribution is -2.46. The van der Waals surface area contributed by atoms with E-state index >= 15 is 0 Å². The van der Waals surface area contributed by atoms with Gasteiger partial charge in [-0.05, 0) is 38.8 Å². The number of amides is 1. The second kappa shape index (κ2) is 6.26. The van der Waals surface area contributed by atoms with Crippen LogP contribution in [-0.2, 0) is 16.0 Å². The first-order valence-corrected chi connectivity index (χ1v) is 7.26. The Balaban J connectivity index is 2.14. The van der Waals surface area contributed by atoms with Crippen LogP contribution in [0.4, 0.5) is 5.69 Å². The number of hydrogen-bond donors (Lipinski definition) is 1. The summed E-state index contributed by atoms with van der Waals surface area (Å²) in [4.78, 5) is 27.0. The molecule has 1 atom stereocenters. The number of benzene rings is 1. The van der Waals surface area contributed by atoms with E-state index in [2.05, 4.69) is 0 Å². The van der Waals surface area contributed by atoms with Crippen molar-refractivity contribution in [2.24, 2.45) is 0 Å². The van der Waals surface area contributed by atoms with Gasteiger partial charge >= 0.3 is 5.97 Å². The lowest BCUT2D eigenvalue weighted by molar-refractivity contribution is -0.139. The molecule has 0 radical (unpaired) electrons. The quantitative estimate of drug-likeness (QED) is 0.897. The zero-order valence-electron chi connectivity index (χ0n) is 12.7. The molecule has 21 heavy (non-hydrogen) atoms. The topological polar surface area (TPSA) is 60.9 Å². The van der Waals surface area contributed by atoms with E-state index in [9.17, 15) is 9.59 Å². The molecule has 1 aliphatic rings. The summed E-state index contributed by atoms with van der Waals surface area (Å²) in [5.41, 5.74) is 2.13. The number of rotatable bonds is 5. The first-order valence-electron chi connectivity index (χ1n) is 7.26. The Hall–Kier alpha value is -1.88. The number of carboxylic acids is 1. The van der Waals surface area contributed by atoms with Crippen LogP contribution in [0.25, 0.3) is 0 Å². The Labute approximate surface area is 125 Å². The standard InChI is InChI=1S/C16H22N2O3/c1-11(2)17(10-16(20)21)9-15(19)18-12(3)8-13-6-4-5-7-14(13)18/h4-7,11-12H,8-10H2,1-3H3,(H,20,21). The Bertz CT molecular complexity index is 542. The minimum absolute atomic E-state index is 0.0122. The van der Waals surface area contributed by atoms with Gasteiger partial charge in [0, 0.05) is 17.8 Å². The van der Waals surface area contributed by atoms with Crippen molar-refractivity contribution in [3.63, 3.8) is 0 Å². The lowest BCUT2D eigenvalue weighted by atomic mass is 10.1. The molecule has 0 aromatic heterocycles. The molecule has 1 heterocycles. The summed E-state index contributed by atoms with van der Waals surface area (Å²) in [6.07, 6.45) is 0.850. The molecule has 5 nitrogen and oxygen atoms in total. The number of hydrogen-bond acceptors (Lipinski definition) is 3. The number of carbonyl (C=O) groups is 2. The van der Waals surface area contributed by atoms with Crippen LogP contribution in [0.2, 0.25) is 0 Å². The number of fused-ring (bicyclic) bond motifs is 1. The molecule has 1 unspecified atom stereocenters. The molecule has 2 rings (SSSR count). The van der Waals surface area contributed by atoms with E-state index in [-0.39, 0.29) is 31.1 Å². The monoisotopic (exact) mass is 290 g/mol. The van der Waals surface area contributed by atoms with Crippen LogP contribution in [0.3, 0.4) is 0 Å². The summed E-state index contributed by atoms with van der Waals surface area (Å²) in [5.74, 6) is -0.950. The Morgan fingerprint density at radius 1 is 1.33 bits per heavy atom. The molecule has 1 N–H and O–H groups in total. The number of aliphatic carboxylic acids is 1. The number of anilines is 1. The highest BCUT2D eigenvalue weighted by Crippen LogP contribution is 2.31. The van der Waals surface area contributed by atoms with Crippen LogP contribution in [0, 0.1) is 0 Å². The highest BCUT2D eigenvalue weighted by molar-refractivity contribution is 5.97. The Kier molecular flexibility index (Phi) is 4.63. The van der Waals surface area contributed by atoms with Gasteiger partial charge in [-0.25, -0.2) is 0 Å². The van der Waals surface area contributed by atoms with Crippen LogP contribution in [0.5, 0.6) is 0 Å². The first-order chi connectivity index (χ1) is 9.90. The van der Waals surface area contributed by atoms with Gasteiger partial charge in [-0.3, -0.25) is 14.5 Å². The number of nitrogens with zero attached hydrogens (tertiary/aromatic N) is 2. The van der Waals surface area contributed by atoms with Gasteiger partial charge in [0.25, 0.3) is 0 Å². The molecule has 1 aromatic carbocycles. The molecule has 0 saturated heterocycles. The third kappa shape index (κ3) is 3.42. The number of carbonyl (C=O) groups excluding carboxylic acids is 1. The van der Waals surface area contributed by atoms with E-state index in [0.717, 1.165) is 12.1 Å². The van der Waals surface area contributed by atoms with Gasteiger partial charge in [0.1, 0.15) is 0 Å². The van der Waals surface area contributed by atoms with E-state index in [1.165, 1.54) is 5.56 Å². The van der Waals surface area contributed by atoms with E-state index in [1.54, 1.807) is 9.80 Å². The normalized spacial score (nSPS) is 17.4. The number of carboxylic acid groups (broad SMARTS) is 1. The van der Waals surface area contributed by atoms with Crippen molar-refractivity contribution in [3.8, 4) is 0 Å². The van der Waals surface area contributed by atoms with Gasteiger partial charge in [0.2, 0.25) is 5.91 Å². The molecule has 0 aliphatic carbocycles. The fourth-order valence-corrected chi connectivity index (χ4v) is 2.79. The summed E-state index contributed by atoms with van der Waals surface area (Å²) in [6, 6.07) is 8.02. The van der Waals surface area contributed by atoms with Crippen LogP contribution in [0.1, 0.15) is 26.3 Å². The minimum Gasteiger partial charge on any atom is -0.480 e. The third-order valence-electron chi connectivity index (χ3n) is 3.88. The van der Waals surface area contributed by atoms with E-state index in [0.29, 0.717) is 0 Å². The van der Waals surface area contributed by atoms with E-state index in [1.807, 2.05) is 45.0 Å². The second-order valence-corrected chi connectivity index (χ2v) is 5.84. The maximum absolute atomic E-state index is 12.6. The van der Waals surface area contributed by atoms with Crippen molar-refractivity contribution in [3.05, 3.63) is 29.8 Å². The Morgan fingerprint density at radius 2 is 2.00 bits per heavy atom. The Morgan fingerprint density at radius 3 is 2.62 bits per heavy atom. The van der Waals surface area contributed by atoms with Crippen LogP contribution < -0.4 is 4.90 Å². The van der Waals surface area contributed by atoms with Crippen LogP contribution in [0.15, 0.2) is 24.3 Å². The predicted octanol–water partition coefficient (Wildman–Crippen LogP) is 1.76. The van der Waals surface area contributed by atoms with Crippen molar-refractivity contribution in [1.82, 2.24) is 4.90 Å². The molecule has 0 saturated carbocycles. The molecule has 1 aliphatic heterocycles. The lowest BCUT2D eigenvalue weighted by Gasteiger charge is -2.29. The zero-order chi connectivity index (χ0) is 15.6. The summed E-state index contributed by atoms with van der Waals surface area (Å²) in [6.45, 7) is 5.83. The van der Waals surface area contributed by atoms with Crippen molar-refractivity contribution in [1.29, 1.82) is 0 Å². The van der Waals surface area contributed by atoms with Crippen molar-refractivity contribution in [2.75, 3.05) is 18.0 Å². The third-order valence-corrected chi connectivity index (χ3v) is 3.88. The van der Waals surface area contributed by atoms with Crippen molar-refractivity contribution < 1.29 is 14.7 Å². The highest BCUT2D eigenvalue weighted by atomic mass is 16.4. The maximum atomic E-state index is 12.6. The van der Waals surface area contributed by atoms with Crippen LogP contribution in [-0.4, -0.2) is 47.1 Å². The molecule has 0 spiro atoms. The van der Waals surface area contributed by atoms with Gasteiger partial charge in [0.05, 0.1) is 13.1 Å². The first kappa shape index (κ1) is 15.5.